The summed E-state index contributed by atoms with van der Waals surface area (Å²) in [5.41, 5.74) is 2.39. The number of hydrogen-bond donors (Lipinski definition) is 3. The number of phenolic OH excluding ortho intramolecular Hbond substituents is 1. The second kappa shape index (κ2) is 4.53. The van der Waals surface area contributed by atoms with Crippen LogP contribution in [-0.4, -0.2) is 15.1 Å². The van der Waals surface area contributed by atoms with E-state index in [0.717, 1.165) is 12.1 Å². The van der Waals surface area contributed by atoms with E-state index in [2.05, 4.69) is 15.4 Å². The molecule has 1 aromatic carbocycles. The summed E-state index contributed by atoms with van der Waals surface area (Å²) in [5.74, 6) is 3.41. The van der Waals surface area contributed by atoms with Gasteiger partial charge in [0.1, 0.15) is 11.6 Å². The fourth-order valence-corrected chi connectivity index (χ4v) is 1.49. The molecule has 1 aromatic heterocycles. The second-order valence-corrected chi connectivity index (χ2v) is 3.64. The van der Waals surface area contributed by atoms with Crippen LogP contribution in [0.15, 0.2) is 18.2 Å². The summed E-state index contributed by atoms with van der Waals surface area (Å²) in [7, 11) is 0. The number of hydrogen-bond acceptors (Lipinski definition) is 5. The number of phenols is 1. The van der Waals surface area contributed by atoms with Crippen LogP contribution in [0.4, 0.5) is 14.6 Å². The summed E-state index contributed by atoms with van der Waals surface area (Å²) in [6.45, 7) is 1.43. The SMILES string of the molecule is Cc1nc(-c2cc(O)cc(F)c2)nc(NN)c1F. The summed E-state index contributed by atoms with van der Waals surface area (Å²) in [6, 6.07) is 3.35. The molecule has 7 heteroatoms. The molecule has 0 atom stereocenters. The van der Waals surface area contributed by atoms with Gasteiger partial charge in [-0.25, -0.2) is 24.6 Å². The van der Waals surface area contributed by atoms with Crippen LogP contribution in [0.2, 0.25) is 0 Å². The minimum Gasteiger partial charge on any atom is -0.508 e. The summed E-state index contributed by atoms with van der Waals surface area (Å²) in [4.78, 5) is 7.68. The summed E-state index contributed by atoms with van der Waals surface area (Å²) < 4.78 is 26.6. The monoisotopic (exact) mass is 252 g/mol. The highest BCUT2D eigenvalue weighted by Crippen LogP contribution is 2.24. The molecule has 0 aliphatic heterocycles. The first-order chi connectivity index (χ1) is 8.51. The predicted octanol–water partition coefficient (Wildman–Crippen LogP) is 1.72. The third-order valence-electron chi connectivity index (χ3n) is 2.29. The molecule has 4 N–H and O–H groups in total. The van der Waals surface area contributed by atoms with Gasteiger partial charge >= 0.3 is 0 Å². The lowest BCUT2D eigenvalue weighted by atomic mass is 10.2. The molecule has 0 aliphatic carbocycles. The maximum atomic E-state index is 13.5. The quantitative estimate of drug-likeness (QED) is 0.560. The normalized spacial score (nSPS) is 10.4. The van der Waals surface area contributed by atoms with Crippen LogP contribution in [0.1, 0.15) is 5.69 Å². The number of aromatic hydroxyl groups is 1. The molecule has 0 fully saturated rings. The van der Waals surface area contributed by atoms with E-state index in [1.54, 1.807) is 0 Å². The van der Waals surface area contributed by atoms with E-state index in [9.17, 15) is 13.9 Å². The lowest BCUT2D eigenvalue weighted by Crippen LogP contribution is -2.13. The molecule has 5 nitrogen and oxygen atoms in total. The second-order valence-electron chi connectivity index (χ2n) is 3.64. The van der Waals surface area contributed by atoms with E-state index in [1.165, 1.54) is 13.0 Å². The first-order valence-electron chi connectivity index (χ1n) is 5.02. The lowest BCUT2D eigenvalue weighted by Gasteiger charge is -2.07. The molecular formula is C11H10F2N4O. The molecule has 0 unspecified atom stereocenters. The van der Waals surface area contributed by atoms with Crippen LogP contribution in [0.25, 0.3) is 11.4 Å². The molecule has 0 amide bonds. The van der Waals surface area contributed by atoms with E-state index < -0.39 is 11.6 Å². The van der Waals surface area contributed by atoms with Gasteiger partial charge in [0, 0.05) is 11.6 Å². The van der Waals surface area contributed by atoms with Gasteiger partial charge in [0.05, 0.1) is 5.69 Å². The molecule has 2 aromatic rings. The molecule has 2 rings (SSSR count). The molecule has 18 heavy (non-hydrogen) atoms. The highest BCUT2D eigenvalue weighted by Gasteiger charge is 2.13. The average molecular weight is 252 g/mol. The zero-order valence-corrected chi connectivity index (χ0v) is 9.41. The Morgan fingerprint density at radius 3 is 2.56 bits per heavy atom. The van der Waals surface area contributed by atoms with Crippen molar-refractivity contribution in [1.29, 1.82) is 0 Å². The molecule has 0 bridgehead atoms. The zero-order valence-electron chi connectivity index (χ0n) is 9.41. The van der Waals surface area contributed by atoms with Crippen molar-refractivity contribution in [2.75, 3.05) is 5.43 Å². The molecule has 0 aliphatic rings. The Morgan fingerprint density at radius 1 is 1.22 bits per heavy atom. The van der Waals surface area contributed by atoms with E-state index in [4.69, 9.17) is 5.84 Å². The molecule has 0 spiro atoms. The molecule has 0 saturated carbocycles. The first-order valence-corrected chi connectivity index (χ1v) is 5.02. The van der Waals surface area contributed by atoms with Gasteiger partial charge in [-0.1, -0.05) is 0 Å². The number of anilines is 1. The highest BCUT2D eigenvalue weighted by molar-refractivity contribution is 5.60. The number of nitrogens with zero attached hydrogens (tertiary/aromatic N) is 2. The van der Waals surface area contributed by atoms with Crippen molar-refractivity contribution in [3.63, 3.8) is 0 Å². The van der Waals surface area contributed by atoms with E-state index in [1.807, 2.05) is 0 Å². The van der Waals surface area contributed by atoms with Crippen molar-refractivity contribution >= 4 is 5.82 Å². The Balaban J connectivity index is 2.60. The minimum absolute atomic E-state index is 0.0663. The number of nitrogens with two attached hydrogens (primary N) is 1. The van der Waals surface area contributed by atoms with Gasteiger partial charge in [0.25, 0.3) is 0 Å². The molecule has 1 heterocycles. The van der Waals surface area contributed by atoms with Gasteiger partial charge < -0.3 is 10.5 Å². The van der Waals surface area contributed by atoms with Crippen molar-refractivity contribution in [3.05, 3.63) is 35.5 Å². The van der Waals surface area contributed by atoms with E-state index in [0.29, 0.717) is 0 Å². The van der Waals surface area contributed by atoms with Crippen LogP contribution in [-0.2, 0) is 0 Å². The van der Waals surface area contributed by atoms with Gasteiger partial charge in [0.2, 0.25) is 0 Å². The van der Waals surface area contributed by atoms with Crippen LogP contribution >= 0.6 is 0 Å². The van der Waals surface area contributed by atoms with Gasteiger partial charge in [-0.3, -0.25) is 0 Å². The fourth-order valence-electron chi connectivity index (χ4n) is 1.49. The van der Waals surface area contributed by atoms with Gasteiger partial charge in [-0.15, -0.1) is 0 Å². The van der Waals surface area contributed by atoms with Crippen LogP contribution in [0.5, 0.6) is 5.75 Å². The number of aryl methyl sites for hydroxylation is 1. The Hall–Kier alpha value is -2.28. The van der Waals surface area contributed by atoms with Gasteiger partial charge in [0.15, 0.2) is 17.5 Å². The number of halogens is 2. The maximum absolute atomic E-state index is 13.5. The highest BCUT2D eigenvalue weighted by atomic mass is 19.1. The third kappa shape index (κ3) is 2.21. The Labute approximate surface area is 101 Å². The number of benzene rings is 1. The number of rotatable bonds is 2. The van der Waals surface area contributed by atoms with Crippen molar-refractivity contribution in [2.45, 2.75) is 6.92 Å². The average Bonchev–Trinajstić information content (AvgIpc) is 2.31. The van der Waals surface area contributed by atoms with Crippen molar-refractivity contribution in [2.24, 2.45) is 5.84 Å². The Bertz CT molecular complexity index is 584. The largest absolute Gasteiger partial charge is 0.508 e. The first kappa shape index (κ1) is 12.2. The Morgan fingerprint density at radius 2 is 1.94 bits per heavy atom. The minimum atomic E-state index is -0.679. The van der Waals surface area contributed by atoms with E-state index in [-0.39, 0.29) is 28.6 Å². The van der Waals surface area contributed by atoms with Crippen molar-refractivity contribution < 1.29 is 13.9 Å². The fraction of sp³-hybridized carbons (Fsp3) is 0.0909. The number of aromatic nitrogens is 2. The standard InChI is InChI=1S/C11H10F2N4O/c1-5-9(13)11(17-14)16-10(15-5)6-2-7(12)4-8(18)3-6/h2-4,18H,14H2,1H3,(H,15,16,17). The smallest absolute Gasteiger partial charge is 0.187 e. The number of nitrogens with one attached hydrogen (secondary N) is 1. The van der Waals surface area contributed by atoms with Crippen LogP contribution in [0.3, 0.4) is 0 Å². The maximum Gasteiger partial charge on any atom is 0.187 e. The number of hydrazine groups is 1. The van der Waals surface area contributed by atoms with Gasteiger partial charge in [-0.2, -0.15) is 0 Å². The molecule has 0 radical (unpaired) electrons. The van der Waals surface area contributed by atoms with E-state index >= 15 is 0 Å². The zero-order chi connectivity index (χ0) is 13.3. The number of nitrogen functional groups attached to an aromatic ring is 1. The van der Waals surface area contributed by atoms with Crippen LogP contribution in [0, 0.1) is 18.6 Å². The Kier molecular flexibility index (Phi) is 3.07. The third-order valence-corrected chi connectivity index (χ3v) is 2.29. The van der Waals surface area contributed by atoms with Gasteiger partial charge in [-0.05, 0) is 19.1 Å². The van der Waals surface area contributed by atoms with Crippen LogP contribution < -0.4 is 11.3 Å². The predicted molar refractivity (Wildman–Crippen MR) is 61.6 cm³/mol. The summed E-state index contributed by atoms with van der Waals surface area (Å²) in [5, 5.41) is 9.30. The van der Waals surface area contributed by atoms with Crippen molar-refractivity contribution in [1.82, 2.24) is 9.97 Å². The summed E-state index contributed by atoms with van der Waals surface area (Å²) in [6.07, 6.45) is 0. The molecule has 94 valence electrons. The molecule has 0 saturated heterocycles. The van der Waals surface area contributed by atoms with Crippen molar-refractivity contribution in [3.8, 4) is 17.1 Å². The molecular weight excluding hydrogens is 242 g/mol. The lowest BCUT2D eigenvalue weighted by molar-refractivity contribution is 0.469. The topological polar surface area (TPSA) is 84.1 Å². The summed E-state index contributed by atoms with van der Waals surface area (Å²) >= 11 is 0.